The molecule has 0 aromatic carbocycles. The molecule has 0 radical (unpaired) electrons. The van der Waals surface area contributed by atoms with E-state index in [1.54, 1.807) is 6.07 Å². The molecule has 3 aromatic heterocycles. The topological polar surface area (TPSA) is 120 Å². The third kappa shape index (κ3) is 3.02. The third-order valence-electron chi connectivity index (χ3n) is 5.70. The Kier molecular flexibility index (Phi) is 4.28. The van der Waals surface area contributed by atoms with Crippen molar-refractivity contribution in [3.63, 3.8) is 0 Å². The van der Waals surface area contributed by atoms with E-state index < -0.39 is 0 Å². The molecule has 152 valence electrons. The third-order valence-corrected chi connectivity index (χ3v) is 5.99. The highest BCUT2D eigenvalue weighted by Gasteiger charge is 2.56. The van der Waals surface area contributed by atoms with E-state index >= 15 is 0 Å². The van der Waals surface area contributed by atoms with Gasteiger partial charge in [0.2, 0.25) is 5.91 Å². The molecule has 0 aliphatic heterocycles. The van der Waals surface area contributed by atoms with Crippen LogP contribution in [0.2, 0.25) is 5.02 Å². The average molecular weight is 423 g/mol. The van der Waals surface area contributed by atoms with E-state index in [1.165, 1.54) is 12.4 Å². The van der Waals surface area contributed by atoms with Crippen LogP contribution in [-0.4, -0.2) is 37.9 Å². The monoisotopic (exact) mass is 422 g/mol. The van der Waals surface area contributed by atoms with Crippen molar-refractivity contribution in [3.05, 3.63) is 46.5 Å². The van der Waals surface area contributed by atoms with Gasteiger partial charge in [0.05, 0.1) is 40.4 Å². The van der Waals surface area contributed by atoms with Gasteiger partial charge in [-0.05, 0) is 32.3 Å². The highest BCUT2D eigenvalue weighted by atomic mass is 35.5. The SMILES string of the molecule is Cc1cc2ncc3c(n2n1)C1(CC1)C[C@H]3C(=O)Nc1cnc(N/N=C\C=N)c(Cl)c1. The fourth-order valence-electron chi connectivity index (χ4n) is 4.22. The molecule has 1 saturated carbocycles. The molecule has 3 heterocycles. The quantitative estimate of drug-likeness (QED) is 0.430. The Bertz CT molecular complexity index is 1210. The molecule has 2 aliphatic rings. The molecule has 5 rings (SSSR count). The number of rotatable bonds is 5. The van der Waals surface area contributed by atoms with Crippen LogP contribution in [0, 0.1) is 12.3 Å². The number of pyridine rings is 1. The molecule has 1 amide bonds. The number of hydrazone groups is 1. The lowest BCUT2D eigenvalue weighted by molar-refractivity contribution is -0.117. The van der Waals surface area contributed by atoms with Crippen LogP contribution in [0.4, 0.5) is 11.5 Å². The standard InChI is InChI=1S/C20H19ClN8O/c1-11-6-16-23-10-14-13(8-20(2-3-20)17(14)29(16)28-11)19(30)26-12-7-15(21)18(24-9-12)27-25-5-4-22/h4-7,9-10,13,22H,2-3,8H2,1H3,(H,24,27)(H,26,30)/b22-4?,25-5-/t13-/m1/s1. The lowest BCUT2D eigenvalue weighted by Crippen LogP contribution is -2.20. The van der Waals surface area contributed by atoms with Gasteiger partial charge in [-0.1, -0.05) is 11.6 Å². The number of fused-ring (bicyclic) bond motifs is 4. The largest absolute Gasteiger partial charge is 0.324 e. The van der Waals surface area contributed by atoms with Crippen molar-refractivity contribution < 1.29 is 4.79 Å². The number of nitrogens with one attached hydrogen (secondary N) is 3. The maximum atomic E-state index is 13.1. The van der Waals surface area contributed by atoms with Crippen molar-refractivity contribution in [2.75, 3.05) is 10.7 Å². The second-order valence-electron chi connectivity index (χ2n) is 7.76. The highest BCUT2D eigenvalue weighted by molar-refractivity contribution is 6.33. The summed E-state index contributed by atoms with van der Waals surface area (Å²) in [5.41, 5.74) is 6.98. The van der Waals surface area contributed by atoms with Gasteiger partial charge in [-0.2, -0.15) is 10.2 Å². The van der Waals surface area contributed by atoms with Gasteiger partial charge in [-0.3, -0.25) is 10.2 Å². The lowest BCUT2D eigenvalue weighted by atomic mass is 9.99. The van der Waals surface area contributed by atoms with Crippen LogP contribution in [0.3, 0.4) is 0 Å². The van der Waals surface area contributed by atoms with Crippen molar-refractivity contribution >= 4 is 47.1 Å². The van der Waals surface area contributed by atoms with E-state index in [9.17, 15) is 4.79 Å². The van der Waals surface area contributed by atoms with E-state index in [2.05, 4.69) is 30.9 Å². The number of hydrogen-bond donors (Lipinski definition) is 3. The van der Waals surface area contributed by atoms with E-state index in [0.717, 1.165) is 48.1 Å². The molecule has 10 heteroatoms. The molecule has 9 nitrogen and oxygen atoms in total. The average Bonchev–Trinajstić information content (AvgIpc) is 3.26. The van der Waals surface area contributed by atoms with Crippen molar-refractivity contribution in [3.8, 4) is 0 Å². The Morgan fingerprint density at radius 2 is 2.20 bits per heavy atom. The molecule has 1 spiro atoms. The van der Waals surface area contributed by atoms with Crippen LogP contribution in [-0.2, 0) is 10.2 Å². The molecule has 2 aliphatic carbocycles. The van der Waals surface area contributed by atoms with E-state index in [4.69, 9.17) is 17.0 Å². The summed E-state index contributed by atoms with van der Waals surface area (Å²) in [5, 5.41) is 18.6. The van der Waals surface area contributed by atoms with Crippen LogP contribution < -0.4 is 10.7 Å². The number of nitrogens with zero attached hydrogens (tertiary/aromatic N) is 5. The normalized spacial score (nSPS) is 18.7. The molecule has 1 atom stereocenters. The predicted octanol–water partition coefficient (Wildman–Crippen LogP) is 3.29. The minimum Gasteiger partial charge on any atom is -0.324 e. The molecular formula is C20H19ClN8O. The summed E-state index contributed by atoms with van der Waals surface area (Å²) in [5.74, 6) is -0.0558. The minimum absolute atomic E-state index is 0.0214. The zero-order valence-corrected chi connectivity index (χ0v) is 16.9. The number of aromatic nitrogens is 4. The molecule has 0 bridgehead atoms. The Balaban J connectivity index is 1.41. The molecule has 30 heavy (non-hydrogen) atoms. The Morgan fingerprint density at radius 1 is 1.37 bits per heavy atom. The summed E-state index contributed by atoms with van der Waals surface area (Å²) in [6, 6.07) is 3.58. The molecule has 3 N–H and O–H groups in total. The van der Waals surface area contributed by atoms with E-state index in [0.29, 0.717) is 16.5 Å². The number of carbonyl (C=O) groups is 1. The first-order chi connectivity index (χ1) is 14.5. The Hall–Kier alpha value is -3.33. The summed E-state index contributed by atoms with van der Waals surface area (Å²) in [7, 11) is 0. The molecule has 3 aromatic rings. The van der Waals surface area contributed by atoms with E-state index in [-0.39, 0.29) is 17.2 Å². The molecule has 1 fully saturated rings. The van der Waals surface area contributed by atoms with Gasteiger partial charge in [-0.15, -0.1) is 0 Å². The maximum Gasteiger partial charge on any atom is 0.232 e. The first-order valence-corrected chi connectivity index (χ1v) is 9.99. The Morgan fingerprint density at radius 3 is 2.93 bits per heavy atom. The zero-order chi connectivity index (χ0) is 20.9. The van der Waals surface area contributed by atoms with Crippen LogP contribution in [0.15, 0.2) is 29.6 Å². The predicted molar refractivity (Wildman–Crippen MR) is 115 cm³/mol. The summed E-state index contributed by atoms with van der Waals surface area (Å²) in [6.45, 7) is 1.95. The fraction of sp³-hybridized carbons (Fsp3) is 0.300. The van der Waals surface area contributed by atoms with Crippen LogP contribution in [0.25, 0.3) is 5.65 Å². The van der Waals surface area contributed by atoms with Crippen LogP contribution >= 0.6 is 11.6 Å². The minimum atomic E-state index is -0.294. The lowest BCUT2D eigenvalue weighted by Gasteiger charge is -2.13. The Labute approximate surface area is 177 Å². The second-order valence-corrected chi connectivity index (χ2v) is 8.16. The number of hydrogen-bond acceptors (Lipinski definition) is 7. The van der Waals surface area contributed by atoms with Gasteiger partial charge in [0.25, 0.3) is 0 Å². The summed E-state index contributed by atoms with van der Waals surface area (Å²) in [4.78, 5) is 21.8. The highest BCUT2D eigenvalue weighted by Crippen LogP contribution is 2.60. The summed E-state index contributed by atoms with van der Waals surface area (Å²) in [6.07, 6.45) is 8.53. The zero-order valence-electron chi connectivity index (χ0n) is 16.2. The van der Waals surface area contributed by atoms with Crippen molar-refractivity contribution in [2.45, 2.75) is 37.5 Å². The maximum absolute atomic E-state index is 13.1. The van der Waals surface area contributed by atoms with Crippen LogP contribution in [0.1, 0.15) is 42.1 Å². The summed E-state index contributed by atoms with van der Waals surface area (Å²) >= 11 is 6.23. The van der Waals surface area contributed by atoms with Gasteiger partial charge in [-0.25, -0.2) is 14.5 Å². The van der Waals surface area contributed by atoms with Gasteiger partial charge in [0.15, 0.2) is 11.5 Å². The van der Waals surface area contributed by atoms with Crippen molar-refractivity contribution in [1.82, 2.24) is 19.6 Å². The van der Waals surface area contributed by atoms with Gasteiger partial charge < -0.3 is 10.7 Å². The summed E-state index contributed by atoms with van der Waals surface area (Å²) < 4.78 is 1.92. The molecule has 0 unspecified atom stereocenters. The number of carbonyl (C=O) groups excluding carboxylic acids is 1. The van der Waals surface area contributed by atoms with Crippen molar-refractivity contribution in [2.24, 2.45) is 5.10 Å². The number of amides is 1. The van der Waals surface area contributed by atoms with Crippen molar-refractivity contribution in [1.29, 1.82) is 5.41 Å². The number of aryl methyl sites for hydroxylation is 1. The fourth-order valence-corrected chi connectivity index (χ4v) is 4.43. The molecular weight excluding hydrogens is 404 g/mol. The van der Waals surface area contributed by atoms with Gasteiger partial charge in [0.1, 0.15) is 0 Å². The second kappa shape index (κ2) is 6.88. The van der Waals surface area contributed by atoms with Gasteiger partial charge >= 0.3 is 0 Å². The molecule has 0 saturated heterocycles. The first kappa shape index (κ1) is 18.7. The smallest absolute Gasteiger partial charge is 0.232 e. The van der Waals surface area contributed by atoms with Gasteiger partial charge in [0, 0.05) is 29.5 Å². The first-order valence-electron chi connectivity index (χ1n) is 9.61. The van der Waals surface area contributed by atoms with E-state index in [1.807, 2.05) is 23.7 Å². The number of anilines is 2. The van der Waals surface area contributed by atoms with Crippen LogP contribution in [0.5, 0.6) is 0 Å². The number of halogens is 1.